The molecule has 1 aromatic heterocycles. The molecular formula is C18H23N5O4. The van der Waals surface area contributed by atoms with Crippen LogP contribution in [0.25, 0.3) is 11.4 Å². The van der Waals surface area contributed by atoms with Crippen LogP contribution in [0.2, 0.25) is 0 Å². The minimum Gasteiger partial charge on any atom is -0.497 e. The molecule has 2 aliphatic rings. The van der Waals surface area contributed by atoms with Crippen molar-refractivity contribution >= 4 is 12.0 Å². The van der Waals surface area contributed by atoms with Gasteiger partial charge in [-0.25, -0.2) is 4.79 Å². The molecule has 0 spiro atoms. The third kappa shape index (κ3) is 3.82. The molecular weight excluding hydrogens is 350 g/mol. The number of carbonyl (C=O) groups is 1. The first-order chi connectivity index (χ1) is 13.2. The number of anilines is 1. The van der Waals surface area contributed by atoms with Crippen LogP contribution in [0.15, 0.2) is 28.8 Å². The van der Waals surface area contributed by atoms with Crippen LogP contribution in [0.4, 0.5) is 10.8 Å². The Bertz CT molecular complexity index is 764. The first-order valence-electron chi connectivity index (χ1n) is 9.09. The molecule has 0 unspecified atom stereocenters. The van der Waals surface area contributed by atoms with Crippen LogP contribution in [0.3, 0.4) is 0 Å². The second-order valence-corrected chi connectivity index (χ2v) is 6.49. The summed E-state index contributed by atoms with van der Waals surface area (Å²) in [4.78, 5) is 22.8. The molecule has 0 atom stereocenters. The number of nitrogens with zero attached hydrogens (tertiary/aromatic N) is 5. The Morgan fingerprint density at radius 3 is 2.33 bits per heavy atom. The number of urea groups is 1. The highest BCUT2D eigenvalue weighted by Gasteiger charge is 2.28. The van der Waals surface area contributed by atoms with Crippen LogP contribution in [0.5, 0.6) is 5.75 Å². The Morgan fingerprint density at radius 2 is 1.67 bits per heavy atom. The van der Waals surface area contributed by atoms with Gasteiger partial charge in [-0.1, -0.05) is 5.16 Å². The highest BCUT2D eigenvalue weighted by Crippen LogP contribution is 2.23. The third-order valence-electron chi connectivity index (χ3n) is 4.87. The Morgan fingerprint density at radius 1 is 1.00 bits per heavy atom. The van der Waals surface area contributed by atoms with Crippen molar-refractivity contribution in [1.29, 1.82) is 0 Å². The fourth-order valence-corrected chi connectivity index (χ4v) is 3.24. The Labute approximate surface area is 157 Å². The summed E-state index contributed by atoms with van der Waals surface area (Å²) in [7, 11) is 1.63. The molecule has 2 aromatic rings. The number of amides is 2. The molecule has 2 saturated heterocycles. The van der Waals surface area contributed by atoms with Gasteiger partial charge in [-0.2, -0.15) is 4.98 Å². The summed E-state index contributed by atoms with van der Waals surface area (Å²) in [6.07, 6.45) is 0. The minimum atomic E-state index is 0.0856. The van der Waals surface area contributed by atoms with Gasteiger partial charge in [-0.05, 0) is 24.3 Å². The number of benzene rings is 1. The average Bonchev–Trinajstić information content (AvgIpc) is 3.24. The molecule has 0 saturated carbocycles. The Balaban J connectivity index is 1.35. The summed E-state index contributed by atoms with van der Waals surface area (Å²) in [5.74, 6) is 1.32. The van der Waals surface area contributed by atoms with Gasteiger partial charge in [0.05, 0.1) is 20.3 Å². The molecule has 2 aliphatic heterocycles. The van der Waals surface area contributed by atoms with Crippen molar-refractivity contribution in [3.05, 3.63) is 24.3 Å². The molecule has 4 rings (SSSR count). The fourth-order valence-electron chi connectivity index (χ4n) is 3.24. The first-order valence-corrected chi connectivity index (χ1v) is 9.09. The molecule has 2 amide bonds. The number of rotatable bonds is 3. The van der Waals surface area contributed by atoms with Crippen molar-refractivity contribution in [2.24, 2.45) is 0 Å². The van der Waals surface area contributed by atoms with Crippen molar-refractivity contribution < 1.29 is 18.8 Å². The highest BCUT2D eigenvalue weighted by molar-refractivity contribution is 5.75. The lowest BCUT2D eigenvalue weighted by Gasteiger charge is -2.37. The van der Waals surface area contributed by atoms with Gasteiger partial charge < -0.3 is 28.7 Å². The molecule has 0 radical (unpaired) electrons. The zero-order chi connectivity index (χ0) is 18.6. The lowest BCUT2D eigenvalue weighted by atomic mass is 10.2. The number of ether oxygens (including phenoxy) is 2. The fraction of sp³-hybridized carbons (Fsp3) is 0.500. The van der Waals surface area contributed by atoms with Gasteiger partial charge >= 0.3 is 12.0 Å². The van der Waals surface area contributed by atoms with Gasteiger partial charge in [-0.3, -0.25) is 0 Å². The number of methoxy groups -OCH3 is 1. The maximum Gasteiger partial charge on any atom is 0.324 e. The first kappa shape index (κ1) is 17.6. The molecule has 1 aromatic carbocycles. The summed E-state index contributed by atoms with van der Waals surface area (Å²) in [5.41, 5.74) is 0.868. The van der Waals surface area contributed by atoms with Gasteiger partial charge in [0.2, 0.25) is 5.82 Å². The molecule has 0 N–H and O–H groups in total. The maximum atomic E-state index is 12.6. The van der Waals surface area contributed by atoms with Crippen molar-refractivity contribution in [2.45, 2.75) is 0 Å². The van der Waals surface area contributed by atoms with E-state index >= 15 is 0 Å². The zero-order valence-corrected chi connectivity index (χ0v) is 15.3. The van der Waals surface area contributed by atoms with Gasteiger partial charge in [-0.15, -0.1) is 0 Å². The number of aromatic nitrogens is 2. The summed E-state index contributed by atoms with van der Waals surface area (Å²) >= 11 is 0. The largest absolute Gasteiger partial charge is 0.497 e. The van der Waals surface area contributed by atoms with Crippen LogP contribution in [0, 0.1) is 0 Å². The van der Waals surface area contributed by atoms with E-state index < -0.39 is 0 Å². The van der Waals surface area contributed by atoms with Crippen LogP contribution >= 0.6 is 0 Å². The third-order valence-corrected chi connectivity index (χ3v) is 4.87. The van der Waals surface area contributed by atoms with Crippen molar-refractivity contribution in [3.8, 4) is 17.1 Å². The van der Waals surface area contributed by atoms with Crippen LogP contribution < -0.4 is 9.64 Å². The number of morpholine rings is 1. The molecule has 0 bridgehead atoms. The maximum absolute atomic E-state index is 12.6. The van der Waals surface area contributed by atoms with E-state index in [2.05, 4.69) is 10.1 Å². The van der Waals surface area contributed by atoms with E-state index in [1.165, 1.54) is 0 Å². The molecule has 9 nitrogen and oxygen atoms in total. The SMILES string of the molecule is COc1ccc(-c2noc(N3CCN(C(=O)N4CCOCC4)CC3)n2)cc1. The smallest absolute Gasteiger partial charge is 0.324 e. The Kier molecular flexibility index (Phi) is 5.10. The standard InChI is InChI=1S/C18H23N5O4/c1-25-15-4-2-14(3-5-15)16-19-17(27-20-16)21-6-8-22(9-7-21)18(24)23-10-12-26-13-11-23/h2-5H,6-13H2,1H3. The second-order valence-electron chi connectivity index (χ2n) is 6.49. The van der Waals surface area contributed by atoms with Crippen LogP contribution in [-0.4, -0.2) is 85.6 Å². The zero-order valence-electron chi connectivity index (χ0n) is 15.3. The minimum absolute atomic E-state index is 0.0856. The monoisotopic (exact) mass is 373 g/mol. The highest BCUT2D eigenvalue weighted by atomic mass is 16.5. The second kappa shape index (κ2) is 7.83. The van der Waals surface area contributed by atoms with Crippen molar-refractivity contribution in [3.63, 3.8) is 0 Å². The molecule has 2 fully saturated rings. The summed E-state index contributed by atoms with van der Waals surface area (Å²) < 4.78 is 15.9. The summed E-state index contributed by atoms with van der Waals surface area (Å²) in [6, 6.07) is 8.09. The lowest BCUT2D eigenvalue weighted by Crippen LogP contribution is -2.54. The van der Waals surface area contributed by atoms with Crippen LogP contribution in [-0.2, 0) is 4.74 Å². The number of hydrogen-bond donors (Lipinski definition) is 0. The van der Waals surface area contributed by atoms with Gasteiger partial charge in [0.15, 0.2) is 0 Å². The number of carbonyl (C=O) groups excluding carboxylic acids is 1. The molecule has 0 aliphatic carbocycles. The van der Waals surface area contributed by atoms with E-state index in [4.69, 9.17) is 14.0 Å². The van der Waals surface area contributed by atoms with E-state index in [1.807, 2.05) is 39.0 Å². The van der Waals surface area contributed by atoms with E-state index in [-0.39, 0.29) is 6.03 Å². The predicted molar refractivity (Wildman–Crippen MR) is 97.9 cm³/mol. The molecule has 9 heteroatoms. The lowest BCUT2D eigenvalue weighted by molar-refractivity contribution is 0.0427. The summed E-state index contributed by atoms with van der Waals surface area (Å²) in [5, 5.41) is 4.07. The summed E-state index contributed by atoms with van der Waals surface area (Å²) in [6.45, 7) is 5.15. The van der Waals surface area contributed by atoms with E-state index in [1.54, 1.807) is 7.11 Å². The van der Waals surface area contributed by atoms with E-state index in [0.717, 1.165) is 11.3 Å². The van der Waals surface area contributed by atoms with Gasteiger partial charge in [0, 0.05) is 44.8 Å². The normalized spacial score (nSPS) is 17.9. The molecule has 144 valence electrons. The van der Waals surface area contributed by atoms with Crippen molar-refractivity contribution in [1.82, 2.24) is 19.9 Å². The van der Waals surface area contributed by atoms with E-state index in [0.29, 0.717) is 64.3 Å². The van der Waals surface area contributed by atoms with Gasteiger partial charge in [0.1, 0.15) is 5.75 Å². The topological polar surface area (TPSA) is 84.2 Å². The predicted octanol–water partition coefficient (Wildman–Crippen LogP) is 1.32. The molecule has 27 heavy (non-hydrogen) atoms. The van der Waals surface area contributed by atoms with E-state index in [9.17, 15) is 4.79 Å². The number of piperazine rings is 1. The van der Waals surface area contributed by atoms with Gasteiger partial charge in [0.25, 0.3) is 0 Å². The Hall–Kier alpha value is -2.81. The average molecular weight is 373 g/mol. The van der Waals surface area contributed by atoms with Crippen LogP contribution in [0.1, 0.15) is 0 Å². The quantitative estimate of drug-likeness (QED) is 0.802. The number of hydrogen-bond acceptors (Lipinski definition) is 7. The molecule has 3 heterocycles. The van der Waals surface area contributed by atoms with Crippen molar-refractivity contribution in [2.75, 3.05) is 64.5 Å².